The number of benzene rings is 1. The standard InChI is InChI=1S/C14H20ClIO/c1-9(2)6-10(3)7-14(17)11-4-5-13(16)12(15)8-11/h4-5,8-10,14,17H,6-7H2,1-3H3. The Balaban J connectivity index is 2.63. The molecule has 0 heterocycles. The van der Waals surface area contributed by atoms with Gasteiger partial charge < -0.3 is 5.11 Å². The second-order valence-corrected chi connectivity index (χ2v) is 6.73. The van der Waals surface area contributed by atoms with Crippen molar-refractivity contribution in [1.29, 1.82) is 0 Å². The lowest BCUT2D eigenvalue weighted by Crippen LogP contribution is -2.07. The molecule has 96 valence electrons. The van der Waals surface area contributed by atoms with Crippen LogP contribution in [0.4, 0.5) is 0 Å². The zero-order chi connectivity index (χ0) is 13.0. The number of halogens is 2. The molecule has 0 fully saturated rings. The number of aliphatic hydroxyl groups excluding tert-OH is 1. The third-order valence-electron chi connectivity index (χ3n) is 2.83. The van der Waals surface area contributed by atoms with Gasteiger partial charge in [-0.15, -0.1) is 0 Å². The molecule has 1 aromatic rings. The summed E-state index contributed by atoms with van der Waals surface area (Å²) in [5, 5.41) is 10.9. The Bertz CT molecular complexity index is 365. The summed E-state index contributed by atoms with van der Waals surface area (Å²) in [7, 11) is 0. The van der Waals surface area contributed by atoms with Crippen molar-refractivity contribution in [3.05, 3.63) is 32.4 Å². The molecule has 0 radical (unpaired) electrons. The molecule has 0 aliphatic heterocycles. The summed E-state index contributed by atoms with van der Waals surface area (Å²) in [5.74, 6) is 1.21. The van der Waals surface area contributed by atoms with E-state index in [1.807, 2.05) is 18.2 Å². The Hall–Kier alpha value is 0.200. The van der Waals surface area contributed by atoms with Gasteiger partial charge in [0.25, 0.3) is 0 Å². The molecule has 3 heteroatoms. The highest BCUT2D eigenvalue weighted by molar-refractivity contribution is 14.1. The van der Waals surface area contributed by atoms with Gasteiger partial charge in [-0.3, -0.25) is 0 Å². The van der Waals surface area contributed by atoms with E-state index >= 15 is 0 Å². The van der Waals surface area contributed by atoms with Crippen LogP contribution in [0.3, 0.4) is 0 Å². The fourth-order valence-electron chi connectivity index (χ4n) is 2.14. The Labute approximate surface area is 123 Å². The minimum atomic E-state index is -0.404. The third-order valence-corrected chi connectivity index (χ3v) is 4.40. The molecule has 0 aliphatic carbocycles. The molecule has 1 rings (SSSR count). The Kier molecular flexibility index (Phi) is 6.24. The van der Waals surface area contributed by atoms with Gasteiger partial charge in [-0.1, -0.05) is 38.4 Å². The maximum Gasteiger partial charge on any atom is 0.0793 e. The van der Waals surface area contributed by atoms with Crippen LogP contribution in [0, 0.1) is 15.4 Å². The highest BCUT2D eigenvalue weighted by Crippen LogP contribution is 2.28. The molecule has 0 aliphatic rings. The van der Waals surface area contributed by atoms with Crippen LogP contribution < -0.4 is 0 Å². The van der Waals surface area contributed by atoms with E-state index in [-0.39, 0.29) is 0 Å². The van der Waals surface area contributed by atoms with Crippen LogP contribution in [0.1, 0.15) is 45.3 Å². The lowest BCUT2D eigenvalue weighted by molar-refractivity contribution is 0.142. The van der Waals surface area contributed by atoms with Crippen LogP contribution in [0.15, 0.2) is 18.2 Å². The summed E-state index contributed by atoms with van der Waals surface area (Å²) in [6, 6.07) is 5.78. The van der Waals surface area contributed by atoms with E-state index in [0.29, 0.717) is 11.8 Å². The van der Waals surface area contributed by atoms with E-state index < -0.39 is 6.10 Å². The second kappa shape index (κ2) is 6.95. The molecule has 2 atom stereocenters. The topological polar surface area (TPSA) is 20.2 Å². The number of aliphatic hydroxyl groups is 1. The van der Waals surface area contributed by atoms with Crippen molar-refractivity contribution >= 4 is 34.2 Å². The maximum absolute atomic E-state index is 10.2. The Morgan fingerprint density at radius 3 is 2.41 bits per heavy atom. The van der Waals surface area contributed by atoms with Crippen LogP contribution in [-0.2, 0) is 0 Å². The zero-order valence-electron chi connectivity index (χ0n) is 10.6. The fraction of sp³-hybridized carbons (Fsp3) is 0.571. The summed E-state index contributed by atoms with van der Waals surface area (Å²) in [5.41, 5.74) is 0.922. The van der Waals surface area contributed by atoms with Crippen LogP contribution in [0.2, 0.25) is 5.02 Å². The highest BCUT2D eigenvalue weighted by atomic mass is 127. The van der Waals surface area contributed by atoms with Gasteiger partial charge in [0.1, 0.15) is 0 Å². The van der Waals surface area contributed by atoms with Crippen molar-refractivity contribution < 1.29 is 5.11 Å². The molecule has 0 amide bonds. The summed E-state index contributed by atoms with van der Waals surface area (Å²) in [6.07, 6.45) is 1.54. The minimum absolute atomic E-state index is 0.404. The molecule has 0 saturated heterocycles. The van der Waals surface area contributed by atoms with E-state index in [1.54, 1.807) is 0 Å². The van der Waals surface area contributed by atoms with Gasteiger partial charge in [0.05, 0.1) is 11.1 Å². The average molecular weight is 367 g/mol. The van der Waals surface area contributed by atoms with Gasteiger partial charge in [-0.25, -0.2) is 0 Å². The first-order valence-electron chi connectivity index (χ1n) is 6.03. The van der Waals surface area contributed by atoms with Crippen LogP contribution in [0.25, 0.3) is 0 Å². The highest BCUT2D eigenvalue weighted by Gasteiger charge is 2.14. The van der Waals surface area contributed by atoms with Crippen LogP contribution in [-0.4, -0.2) is 5.11 Å². The van der Waals surface area contributed by atoms with Gasteiger partial charge in [-0.05, 0) is 65.0 Å². The van der Waals surface area contributed by atoms with Crippen molar-refractivity contribution in [3.63, 3.8) is 0 Å². The molecule has 1 aromatic carbocycles. The van der Waals surface area contributed by atoms with Crippen molar-refractivity contribution in [2.24, 2.45) is 11.8 Å². The summed E-state index contributed by atoms with van der Waals surface area (Å²) < 4.78 is 1.02. The lowest BCUT2D eigenvalue weighted by Gasteiger charge is -2.18. The molecule has 0 aromatic heterocycles. The average Bonchev–Trinajstić information content (AvgIpc) is 2.20. The first-order valence-corrected chi connectivity index (χ1v) is 7.48. The number of rotatable bonds is 5. The van der Waals surface area contributed by atoms with Gasteiger partial charge in [-0.2, -0.15) is 0 Å². The minimum Gasteiger partial charge on any atom is -0.388 e. The largest absolute Gasteiger partial charge is 0.388 e. The molecule has 0 saturated carbocycles. The number of hydrogen-bond acceptors (Lipinski definition) is 1. The number of hydrogen-bond donors (Lipinski definition) is 1. The van der Waals surface area contributed by atoms with Gasteiger partial charge in [0, 0.05) is 3.57 Å². The Morgan fingerprint density at radius 1 is 1.24 bits per heavy atom. The quantitative estimate of drug-likeness (QED) is 0.723. The van der Waals surface area contributed by atoms with Crippen LogP contribution >= 0.6 is 34.2 Å². The monoisotopic (exact) mass is 366 g/mol. The molecular weight excluding hydrogens is 347 g/mol. The van der Waals surface area contributed by atoms with Crippen molar-refractivity contribution in [2.75, 3.05) is 0 Å². The van der Waals surface area contributed by atoms with Gasteiger partial charge in [0.15, 0.2) is 0 Å². The molecule has 0 bridgehead atoms. The normalized spacial score (nSPS) is 15.0. The molecular formula is C14H20ClIO. The first kappa shape index (κ1) is 15.3. The molecule has 2 unspecified atom stereocenters. The van der Waals surface area contributed by atoms with E-state index in [0.717, 1.165) is 27.0 Å². The first-order chi connectivity index (χ1) is 7.90. The Morgan fingerprint density at radius 2 is 1.88 bits per heavy atom. The summed E-state index contributed by atoms with van der Waals surface area (Å²) >= 11 is 8.25. The SMILES string of the molecule is CC(C)CC(C)CC(O)c1ccc(I)c(Cl)c1. The molecule has 17 heavy (non-hydrogen) atoms. The van der Waals surface area contributed by atoms with E-state index in [9.17, 15) is 5.11 Å². The molecule has 1 N–H and O–H groups in total. The van der Waals surface area contributed by atoms with Crippen molar-refractivity contribution in [1.82, 2.24) is 0 Å². The van der Waals surface area contributed by atoms with Gasteiger partial charge >= 0.3 is 0 Å². The second-order valence-electron chi connectivity index (χ2n) is 5.16. The van der Waals surface area contributed by atoms with Crippen LogP contribution in [0.5, 0.6) is 0 Å². The third kappa shape index (κ3) is 5.14. The van der Waals surface area contributed by atoms with E-state index in [2.05, 4.69) is 43.4 Å². The van der Waals surface area contributed by atoms with Crippen molar-refractivity contribution in [2.45, 2.75) is 39.7 Å². The smallest absolute Gasteiger partial charge is 0.0793 e. The fourth-order valence-corrected chi connectivity index (χ4v) is 2.66. The van der Waals surface area contributed by atoms with E-state index in [4.69, 9.17) is 11.6 Å². The molecule has 1 nitrogen and oxygen atoms in total. The maximum atomic E-state index is 10.2. The van der Waals surface area contributed by atoms with E-state index in [1.165, 1.54) is 0 Å². The summed E-state index contributed by atoms with van der Waals surface area (Å²) in [6.45, 7) is 6.62. The summed E-state index contributed by atoms with van der Waals surface area (Å²) in [4.78, 5) is 0. The predicted octanol–water partition coefficient (Wildman–Crippen LogP) is 5.05. The lowest BCUT2D eigenvalue weighted by atomic mass is 9.91. The van der Waals surface area contributed by atoms with Crippen molar-refractivity contribution in [3.8, 4) is 0 Å². The van der Waals surface area contributed by atoms with Gasteiger partial charge in [0.2, 0.25) is 0 Å². The zero-order valence-corrected chi connectivity index (χ0v) is 13.5. The molecule has 0 spiro atoms. The predicted molar refractivity (Wildman–Crippen MR) is 82.4 cm³/mol.